The topological polar surface area (TPSA) is 47.7 Å². The molecule has 0 aromatic heterocycles. The number of morpholine rings is 1. The van der Waals surface area contributed by atoms with Crippen LogP contribution in [0.25, 0.3) is 0 Å². The van der Waals surface area contributed by atoms with E-state index in [1.807, 2.05) is 0 Å². The van der Waals surface area contributed by atoms with Crippen LogP contribution in [0.4, 0.5) is 0 Å². The smallest absolute Gasteiger partial charge is 0.0705 e. The highest BCUT2D eigenvalue weighted by atomic mass is 16.5. The molecule has 1 aliphatic rings. The lowest BCUT2D eigenvalue weighted by atomic mass is 10.1. The maximum atomic E-state index is 5.67. The highest BCUT2D eigenvalue weighted by Gasteiger charge is 2.25. The van der Waals surface area contributed by atoms with Crippen molar-refractivity contribution in [3.05, 3.63) is 0 Å². The Morgan fingerprint density at radius 3 is 2.88 bits per heavy atom. The summed E-state index contributed by atoms with van der Waals surface area (Å²) < 4.78 is 11.0. The Hall–Kier alpha value is -0.160. The van der Waals surface area contributed by atoms with Crippen molar-refractivity contribution in [1.82, 2.24) is 4.90 Å². The third kappa shape index (κ3) is 4.01. The average Bonchev–Trinajstić information content (AvgIpc) is 2.30. The largest absolute Gasteiger partial charge is 0.380 e. The van der Waals surface area contributed by atoms with Crippen molar-refractivity contribution in [3.8, 4) is 0 Å². The molecule has 1 aliphatic heterocycles. The molecule has 96 valence electrons. The van der Waals surface area contributed by atoms with E-state index in [4.69, 9.17) is 15.2 Å². The highest BCUT2D eigenvalue weighted by molar-refractivity contribution is 4.78. The number of ether oxygens (including phenoxy) is 2. The Bertz CT molecular complexity index is 186. The van der Waals surface area contributed by atoms with E-state index in [0.717, 1.165) is 32.5 Å². The molecule has 1 rings (SSSR count). The molecule has 16 heavy (non-hydrogen) atoms. The fourth-order valence-electron chi connectivity index (χ4n) is 2.20. The zero-order valence-corrected chi connectivity index (χ0v) is 10.8. The number of nitrogens with zero attached hydrogens (tertiary/aromatic N) is 1. The molecule has 3 atom stereocenters. The molecule has 0 aromatic rings. The first-order chi connectivity index (χ1) is 7.71. The maximum absolute atomic E-state index is 5.67. The summed E-state index contributed by atoms with van der Waals surface area (Å²) in [5.74, 6) is 0. The van der Waals surface area contributed by atoms with Gasteiger partial charge in [0.1, 0.15) is 0 Å². The molecule has 0 aromatic carbocycles. The molecule has 1 fully saturated rings. The van der Waals surface area contributed by atoms with Crippen LogP contribution in [0.1, 0.15) is 26.7 Å². The first-order valence-electron chi connectivity index (χ1n) is 6.29. The van der Waals surface area contributed by atoms with E-state index < -0.39 is 0 Å². The summed E-state index contributed by atoms with van der Waals surface area (Å²) in [6.07, 6.45) is 2.70. The molecular formula is C12H26N2O2. The summed E-state index contributed by atoms with van der Waals surface area (Å²) in [5.41, 5.74) is 5.63. The third-order valence-electron chi connectivity index (χ3n) is 3.39. The van der Waals surface area contributed by atoms with Crippen molar-refractivity contribution in [2.75, 3.05) is 33.4 Å². The normalized spacial score (nSPS) is 29.2. The molecule has 0 radical (unpaired) electrons. The Kier molecular flexibility index (Phi) is 6.28. The van der Waals surface area contributed by atoms with E-state index in [1.54, 1.807) is 7.11 Å². The van der Waals surface area contributed by atoms with Crippen molar-refractivity contribution >= 4 is 0 Å². The van der Waals surface area contributed by atoms with Gasteiger partial charge in [0.2, 0.25) is 0 Å². The summed E-state index contributed by atoms with van der Waals surface area (Å²) in [5, 5.41) is 0. The van der Waals surface area contributed by atoms with Crippen LogP contribution in [0.3, 0.4) is 0 Å². The van der Waals surface area contributed by atoms with Gasteiger partial charge in [-0.3, -0.25) is 4.90 Å². The molecule has 3 unspecified atom stereocenters. The lowest BCUT2D eigenvalue weighted by molar-refractivity contribution is -0.0598. The minimum absolute atomic E-state index is 0.190. The number of hydrogen-bond donors (Lipinski definition) is 1. The van der Waals surface area contributed by atoms with E-state index in [0.29, 0.717) is 18.7 Å². The summed E-state index contributed by atoms with van der Waals surface area (Å²) in [6, 6.07) is 0.562. The highest BCUT2D eigenvalue weighted by Crippen LogP contribution is 2.15. The van der Waals surface area contributed by atoms with Crippen LogP contribution in [0, 0.1) is 0 Å². The average molecular weight is 230 g/mol. The Balaban J connectivity index is 2.36. The summed E-state index contributed by atoms with van der Waals surface area (Å²) in [6.45, 7) is 7.90. The van der Waals surface area contributed by atoms with Gasteiger partial charge in [0.05, 0.1) is 18.8 Å². The van der Waals surface area contributed by atoms with Crippen LogP contribution < -0.4 is 5.73 Å². The van der Waals surface area contributed by atoms with E-state index in [1.165, 1.54) is 0 Å². The molecule has 0 saturated carbocycles. The molecule has 4 nitrogen and oxygen atoms in total. The summed E-state index contributed by atoms with van der Waals surface area (Å²) in [7, 11) is 1.73. The molecule has 0 amide bonds. The van der Waals surface area contributed by atoms with Crippen molar-refractivity contribution in [2.45, 2.75) is 44.9 Å². The fraction of sp³-hybridized carbons (Fsp3) is 1.00. The monoisotopic (exact) mass is 230 g/mol. The fourth-order valence-corrected chi connectivity index (χ4v) is 2.20. The Morgan fingerprint density at radius 1 is 1.56 bits per heavy atom. The zero-order chi connectivity index (χ0) is 12.0. The Morgan fingerprint density at radius 2 is 2.31 bits per heavy atom. The first kappa shape index (κ1) is 13.9. The predicted molar refractivity (Wildman–Crippen MR) is 65.5 cm³/mol. The van der Waals surface area contributed by atoms with Crippen LogP contribution in [0.15, 0.2) is 0 Å². The second-order valence-corrected chi connectivity index (χ2v) is 4.58. The van der Waals surface area contributed by atoms with Gasteiger partial charge in [-0.25, -0.2) is 0 Å². The van der Waals surface area contributed by atoms with Crippen LogP contribution in [-0.4, -0.2) is 56.5 Å². The van der Waals surface area contributed by atoms with E-state index in [-0.39, 0.29) is 6.10 Å². The molecule has 0 spiro atoms. The lowest BCUT2D eigenvalue weighted by Gasteiger charge is -2.38. The van der Waals surface area contributed by atoms with Crippen LogP contribution in [-0.2, 0) is 9.47 Å². The van der Waals surface area contributed by atoms with Crippen molar-refractivity contribution in [2.24, 2.45) is 5.73 Å². The standard InChI is InChI=1S/C12H26N2O2/c1-4-11-9-16-10(2)8-14(11)6-5-12(7-13)15-3/h10-12H,4-9,13H2,1-3H3. The minimum atomic E-state index is 0.190. The van der Waals surface area contributed by atoms with E-state index >= 15 is 0 Å². The van der Waals surface area contributed by atoms with E-state index in [9.17, 15) is 0 Å². The van der Waals surface area contributed by atoms with Gasteiger partial charge in [-0.15, -0.1) is 0 Å². The molecule has 0 bridgehead atoms. The number of hydrogen-bond acceptors (Lipinski definition) is 4. The maximum Gasteiger partial charge on any atom is 0.0705 e. The molecular weight excluding hydrogens is 204 g/mol. The summed E-state index contributed by atoms with van der Waals surface area (Å²) >= 11 is 0. The molecule has 1 heterocycles. The minimum Gasteiger partial charge on any atom is -0.380 e. The van der Waals surface area contributed by atoms with Crippen LogP contribution in [0.5, 0.6) is 0 Å². The third-order valence-corrected chi connectivity index (χ3v) is 3.39. The molecule has 0 aliphatic carbocycles. The van der Waals surface area contributed by atoms with Crippen molar-refractivity contribution in [3.63, 3.8) is 0 Å². The summed E-state index contributed by atoms with van der Waals surface area (Å²) in [4.78, 5) is 2.51. The predicted octanol–water partition coefficient (Wildman–Crippen LogP) is 0.850. The SMILES string of the molecule is CCC1COC(C)CN1CCC(CN)OC. The van der Waals surface area contributed by atoms with E-state index in [2.05, 4.69) is 18.7 Å². The number of methoxy groups -OCH3 is 1. The lowest BCUT2D eigenvalue weighted by Crippen LogP contribution is -2.49. The van der Waals surface area contributed by atoms with Gasteiger partial charge in [-0.05, 0) is 19.8 Å². The van der Waals surface area contributed by atoms with Gasteiger partial charge in [0.15, 0.2) is 0 Å². The van der Waals surface area contributed by atoms with Crippen LogP contribution >= 0.6 is 0 Å². The van der Waals surface area contributed by atoms with Gasteiger partial charge in [0, 0.05) is 32.8 Å². The van der Waals surface area contributed by atoms with Gasteiger partial charge in [0.25, 0.3) is 0 Å². The van der Waals surface area contributed by atoms with Crippen LogP contribution in [0.2, 0.25) is 0 Å². The van der Waals surface area contributed by atoms with Gasteiger partial charge >= 0.3 is 0 Å². The quantitative estimate of drug-likeness (QED) is 0.735. The van der Waals surface area contributed by atoms with Gasteiger partial charge in [-0.2, -0.15) is 0 Å². The Labute approximate surface area is 99.1 Å². The zero-order valence-electron chi connectivity index (χ0n) is 10.8. The molecule has 2 N–H and O–H groups in total. The number of nitrogens with two attached hydrogens (primary N) is 1. The van der Waals surface area contributed by atoms with Gasteiger partial charge in [-0.1, -0.05) is 6.92 Å². The van der Waals surface area contributed by atoms with Gasteiger partial charge < -0.3 is 15.2 Å². The molecule has 4 heteroatoms. The second-order valence-electron chi connectivity index (χ2n) is 4.58. The molecule has 1 saturated heterocycles. The second kappa shape index (κ2) is 7.22. The van der Waals surface area contributed by atoms with Crippen molar-refractivity contribution < 1.29 is 9.47 Å². The van der Waals surface area contributed by atoms with Crippen molar-refractivity contribution in [1.29, 1.82) is 0 Å². The first-order valence-corrected chi connectivity index (χ1v) is 6.29. The number of rotatable bonds is 6.